The molecule has 0 bridgehead atoms. The van der Waals surface area contributed by atoms with E-state index in [0.29, 0.717) is 5.92 Å². The Morgan fingerprint density at radius 1 is 0.889 bits per heavy atom. The van der Waals surface area contributed by atoms with Gasteiger partial charge in [-0.1, -0.05) is 73.4 Å². The van der Waals surface area contributed by atoms with E-state index in [1.54, 1.807) is 0 Å². The van der Waals surface area contributed by atoms with E-state index in [9.17, 15) is 0 Å². The summed E-state index contributed by atoms with van der Waals surface area (Å²) >= 11 is 0. The molecule has 0 aromatic heterocycles. The molecule has 2 aromatic rings. The minimum absolute atomic E-state index is 0.646. The van der Waals surface area contributed by atoms with E-state index in [1.165, 1.54) is 54.5 Å². The molecule has 1 N–H and O–H groups in total. The molecule has 0 aliphatic heterocycles. The summed E-state index contributed by atoms with van der Waals surface area (Å²) in [6.07, 6.45) is 6.64. The number of hydrogen-bond acceptors (Lipinski definition) is 2. The molecule has 0 amide bonds. The van der Waals surface area contributed by atoms with E-state index in [4.69, 9.17) is 0 Å². The first kappa shape index (κ1) is 21.0. The van der Waals surface area contributed by atoms with Crippen molar-refractivity contribution in [2.45, 2.75) is 52.9 Å². The number of hydrogen-bond donors (Lipinski definition) is 1. The number of aliphatic imine (C=N–C) groups is 1. The van der Waals surface area contributed by atoms with Gasteiger partial charge >= 0.3 is 0 Å². The molecule has 27 heavy (non-hydrogen) atoms. The highest BCUT2D eigenvalue weighted by molar-refractivity contribution is 5.98. The van der Waals surface area contributed by atoms with Crippen LogP contribution in [-0.4, -0.2) is 12.8 Å². The highest BCUT2D eigenvalue weighted by Gasteiger charge is 2.16. The van der Waals surface area contributed by atoms with E-state index in [1.807, 2.05) is 14.0 Å². The molecule has 0 spiro atoms. The average molecular weight is 363 g/mol. The third-order valence-electron chi connectivity index (χ3n) is 5.26. The van der Waals surface area contributed by atoms with Gasteiger partial charge in [0.25, 0.3) is 0 Å². The van der Waals surface area contributed by atoms with Crippen LogP contribution in [-0.2, 0) is 0 Å². The van der Waals surface area contributed by atoms with Gasteiger partial charge in [-0.15, -0.1) is 0 Å². The molecule has 0 saturated heterocycles. The van der Waals surface area contributed by atoms with Crippen LogP contribution in [0, 0.1) is 19.8 Å². The molecule has 3 rings (SSSR count). The third kappa shape index (κ3) is 7.05. The Bertz CT molecular complexity index is 712. The van der Waals surface area contributed by atoms with Crippen LogP contribution >= 0.6 is 0 Å². The summed E-state index contributed by atoms with van der Waals surface area (Å²) in [6.45, 7) is 10.4. The zero-order chi connectivity index (χ0) is 19.6. The first-order valence-corrected chi connectivity index (χ1v) is 10.0. The normalized spacial score (nSPS) is 14.9. The molecule has 1 aliphatic rings. The molecular weight excluding hydrogens is 328 g/mol. The van der Waals surface area contributed by atoms with Crippen LogP contribution in [0.15, 0.2) is 65.8 Å². The lowest BCUT2D eigenvalue weighted by Crippen LogP contribution is -2.14. The Morgan fingerprint density at radius 2 is 1.41 bits per heavy atom. The molecule has 0 unspecified atom stereocenters. The van der Waals surface area contributed by atoms with Gasteiger partial charge in [0.05, 0.1) is 0 Å². The second-order valence-electron chi connectivity index (χ2n) is 7.53. The van der Waals surface area contributed by atoms with E-state index in [-0.39, 0.29) is 0 Å². The SMILES string of the molecule is C=C(Nc1ccc(C(C)=NC)cc1)C1CCCCC1.Cc1ccc(C)cc1. The summed E-state index contributed by atoms with van der Waals surface area (Å²) < 4.78 is 0. The van der Waals surface area contributed by atoms with Gasteiger partial charge in [-0.05, 0) is 57.2 Å². The summed E-state index contributed by atoms with van der Waals surface area (Å²) in [5.41, 5.74) is 7.21. The second kappa shape index (κ2) is 10.7. The van der Waals surface area contributed by atoms with E-state index in [0.717, 1.165) is 11.4 Å². The lowest BCUT2D eigenvalue weighted by atomic mass is 9.87. The van der Waals surface area contributed by atoms with Crippen molar-refractivity contribution in [3.05, 3.63) is 77.5 Å². The van der Waals surface area contributed by atoms with Gasteiger partial charge in [0.1, 0.15) is 0 Å². The van der Waals surface area contributed by atoms with Gasteiger partial charge in [-0.25, -0.2) is 0 Å². The standard InChI is InChI=1S/C17H24N2.C8H10/c1-13(18-3)16-9-11-17(12-10-16)19-14(2)15-7-5-4-6-8-15;1-7-3-5-8(2)6-4-7/h9-12,15,19H,2,4-8H2,1,3H3;3-6H,1-2H3. The number of allylic oxidation sites excluding steroid dienone is 1. The van der Waals surface area contributed by atoms with E-state index in [2.05, 4.69) is 79.3 Å². The fourth-order valence-corrected chi connectivity index (χ4v) is 3.30. The van der Waals surface area contributed by atoms with Gasteiger partial charge in [0, 0.05) is 24.1 Å². The maximum absolute atomic E-state index is 4.21. The molecule has 2 heteroatoms. The molecule has 0 radical (unpaired) electrons. The maximum Gasteiger partial charge on any atom is 0.0386 e. The number of nitrogens with zero attached hydrogens (tertiary/aromatic N) is 1. The van der Waals surface area contributed by atoms with Gasteiger partial charge in [-0.3, -0.25) is 4.99 Å². The van der Waals surface area contributed by atoms with Crippen LogP contribution in [0.25, 0.3) is 0 Å². The Morgan fingerprint density at radius 3 is 1.89 bits per heavy atom. The zero-order valence-electron chi connectivity index (χ0n) is 17.4. The summed E-state index contributed by atoms with van der Waals surface area (Å²) in [5.74, 6) is 0.646. The van der Waals surface area contributed by atoms with Gasteiger partial charge < -0.3 is 5.32 Å². The molecular formula is C25H34N2. The Balaban J connectivity index is 0.000000273. The number of nitrogens with one attached hydrogen (secondary N) is 1. The quantitative estimate of drug-likeness (QED) is 0.586. The van der Waals surface area contributed by atoms with Gasteiger partial charge in [-0.2, -0.15) is 0 Å². The number of aryl methyl sites for hydroxylation is 2. The van der Waals surface area contributed by atoms with Gasteiger partial charge in [0.15, 0.2) is 0 Å². The van der Waals surface area contributed by atoms with Gasteiger partial charge in [0.2, 0.25) is 0 Å². The molecule has 1 aliphatic carbocycles. The van der Waals surface area contributed by atoms with Crippen molar-refractivity contribution >= 4 is 11.4 Å². The largest absolute Gasteiger partial charge is 0.359 e. The van der Waals surface area contributed by atoms with Crippen LogP contribution in [0.3, 0.4) is 0 Å². The summed E-state index contributed by atoms with van der Waals surface area (Å²) in [7, 11) is 1.83. The monoisotopic (exact) mass is 362 g/mol. The summed E-state index contributed by atoms with van der Waals surface area (Å²) in [6, 6.07) is 16.9. The van der Waals surface area contributed by atoms with Crippen LogP contribution in [0.4, 0.5) is 5.69 Å². The van der Waals surface area contributed by atoms with Crippen LogP contribution in [0.1, 0.15) is 55.7 Å². The maximum atomic E-state index is 4.21. The highest BCUT2D eigenvalue weighted by atomic mass is 14.9. The fraction of sp³-hybridized carbons (Fsp3) is 0.400. The summed E-state index contributed by atoms with van der Waals surface area (Å²) in [5, 5.41) is 3.46. The molecule has 1 fully saturated rings. The smallest absolute Gasteiger partial charge is 0.0386 e. The first-order chi connectivity index (χ1) is 13.0. The third-order valence-corrected chi connectivity index (χ3v) is 5.26. The molecule has 1 saturated carbocycles. The van der Waals surface area contributed by atoms with Crippen molar-refractivity contribution < 1.29 is 0 Å². The Labute approximate surface area is 165 Å². The van der Waals surface area contributed by atoms with Crippen molar-refractivity contribution in [3.63, 3.8) is 0 Å². The average Bonchev–Trinajstić information content (AvgIpc) is 2.71. The molecule has 0 atom stereocenters. The summed E-state index contributed by atoms with van der Waals surface area (Å²) in [4.78, 5) is 4.20. The van der Waals surface area contributed by atoms with E-state index < -0.39 is 0 Å². The Hall–Kier alpha value is -2.35. The molecule has 144 valence electrons. The topological polar surface area (TPSA) is 24.4 Å². The van der Waals surface area contributed by atoms with Crippen molar-refractivity contribution in [2.24, 2.45) is 10.9 Å². The predicted octanol–water partition coefficient (Wildman–Crippen LogP) is 6.93. The number of anilines is 1. The lowest BCUT2D eigenvalue weighted by Gasteiger charge is -2.24. The van der Waals surface area contributed by atoms with Crippen molar-refractivity contribution in [1.82, 2.24) is 0 Å². The molecule has 2 aromatic carbocycles. The number of benzene rings is 2. The highest BCUT2D eigenvalue weighted by Crippen LogP contribution is 2.29. The molecule has 2 nitrogen and oxygen atoms in total. The number of rotatable bonds is 4. The minimum atomic E-state index is 0.646. The Kier molecular flexibility index (Phi) is 8.32. The van der Waals surface area contributed by atoms with E-state index >= 15 is 0 Å². The van der Waals surface area contributed by atoms with Crippen molar-refractivity contribution in [2.75, 3.05) is 12.4 Å². The fourth-order valence-electron chi connectivity index (χ4n) is 3.30. The van der Waals surface area contributed by atoms with Crippen molar-refractivity contribution in [3.8, 4) is 0 Å². The first-order valence-electron chi connectivity index (χ1n) is 10.0. The predicted molar refractivity (Wildman–Crippen MR) is 120 cm³/mol. The minimum Gasteiger partial charge on any atom is -0.359 e. The van der Waals surface area contributed by atoms with Crippen LogP contribution < -0.4 is 5.32 Å². The van der Waals surface area contributed by atoms with Crippen LogP contribution in [0.2, 0.25) is 0 Å². The van der Waals surface area contributed by atoms with Crippen molar-refractivity contribution in [1.29, 1.82) is 0 Å². The zero-order valence-corrected chi connectivity index (χ0v) is 17.4. The second-order valence-corrected chi connectivity index (χ2v) is 7.53. The van der Waals surface area contributed by atoms with Crippen LogP contribution in [0.5, 0.6) is 0 Å². The molecule has 0 heterocycles. The lowest BCUT2D eigenvalue weighted by molar-refractivity contribution is 0.405.